The molecule has 0 aliphatic rings. The van der Waals surface area contributed by atoms with E-state index in [9.17, 15) is 14.7 Å². The van der Waals surface area contributed by atoms with Gasteiger partial charge in [-0.25, -0.2) is 0 Å². The molecule has 3 N–H and O–H groups in total. The average molecular weight is 548 g/mol. The molecule has 8 heteroatoms. The Morgan fingerprint density at radius 1 is 0.939 bits per heavy atom. The van der Waals surface area contributed by atoms with Crippen LogP contribution < -0.4 is 10.6 Å². The number of rotatable bonds is 8. The topological polar surface area (TPSA) is 78.4 Å². The predicted octanol–water partition coefficient (Wildman–Crippen LogP) is 5.21. The van der Waals surface area contributed by atoms with E-state index < -0.39 is 17.9 Å². The highest BCUT2D eigenvalue weighted by atomic mass is 79.9. The molecule has 0 bridgehead atoms. The number of amides is 2. The number of halogens is 3. The molecule has 2 amide bonds. The van der Waals surface area contributed by atoms with E-state index in [2.05, 4.69) is 26.6 Å². The summed E-state index contributed by atoms with van der Waals surface area (Å²) in [5, 5.41) is 15.8. The fourth-order valence-corrected chi connectivity index (χ4v) is 4.15. The molecule has 0 unspecified atom stereocenters. The van der Waals surface area contributed by atoms with Crippen molar-refractivity contribution < 1.29 is 14.7 Å². The van der Waals surface area contributed by atoms with Gasteiger partial charge < -0.3 is 15.7 Å². The molecule has 1 atom stereocenters. The van der Waals surface area contributed by atoms with Crippen molar-refractivity contribution >= 4 is 55.4 Å². The molecule has 0 heterocycles. The van der Waals surface area contributed by atoms with Crippen LogP contribution in [0.15, 0.2) is 84.6 Å². The van der Waals surface area contributed by atoms with Gasteiger partial charge >= 0.3 is 0 Å². The first kappa shape index (κ1) is 25.0. The molecule has 3 aromatic rings. The minimum Gasteiger partial charge on any atom is -0.394 e. The maximum Gasteiger partial charge on any atom is 0.269 e. The number of carbonyl (C=O) groups excluding carboxylic acids is 2. The van der Waals surface area contributed by atoms with Gasteiger partial charge in [-0.05, 0) is 51.7 Å². The van der Waals surface area contributed by atoms with E-state index in [1.807, 2.05) is 48.5 Å². The largest absolute Gasteiger partial charge is 0.394 e. The molecule has 5 nitrogen and oxygen atoms in total. The standard InChI is InChI=1S/C25H21BrCl2N2O3/c26-22(17-9-5-2-6-10-17)23(30-24(32)20-12-11-18(27)14-21(20)28)25(33)29-19(15-31)13-16-7-3-1-4-8-16/h1-12,14,19,31H,13,15H2,(H,29,33)(H,30,32)/b23-22-/t19-/m0/s1. The maximum absolute atomic E-state index is 13.2. The lowest BCUT2D eigenvalue weighted by atomic mass is 10.1. The fourth-order valence-electron chi connectivity index (χ4n) is 3.11. The first-order valence-corrected chi connectivity index (χ1v) is 11.6. The Labute approximate surface area is 210 Å². The summed E-state index contributed by atoms with van der Waals surface area (Å²) in [4.78, 5) is 26.2. The normalized spacial score (nSPS) is 12.5. The third-order valence-corrected chi connectivity index (χ3v) is 6.17. The van der Waals surface area contributed by atoms with Crippen molar-refractivity contribution in [2.24, 2.45) is 0 Å². The molecule has 0 spiro atoms. The van der Waals surface area contributed by atoms with Crippen LogP contribution >= 0.6 is 39.1 Å². The first-order chi connectivity index (χ1) is 15.9. The average Bonchev–Trinajstić information content (AvgIpc) is 2.82. The highest BCUT2D eigenvalue weighted by molar-refractivity contribution is 9.15. The minimum atomic E-state index is -0.571. The van der Waals surface area contributed by atoms with Crippen molar-refractivity contribution in [2.45, 2.75) is 12.5 Å². The Morgan fingerprint density at radius 2 is 1.58 bits per heavy atom. The van der Waals surface area contributed by atoms with Gasteiger partial charge in [0.15, 0.2) is 0 Å². The van der Waals surface area contributed by atoms with Gasteiger partial charge in [0.25, 0.3) is 11.8 Å². The smallest absolute Gasteiger partial charge is 0.269 e. The van der Waals surface area contributed by atoms with Gasteiger partial charge in [-0.1, -0.05) is 83.9 Å². The van der Waals surface area contributed by atoms with E-state index in [-0.39, 0.29) is 22.9 Å². The van der Waals surface area contributed by atoms with Gasteiger partial charge in [0.1, 0.15) is 5.70 Å². The second-order valence-corrected chi connectivity index (χ2v) is 8.81. The second-order valence-electron chi connectivity index (χ2n) is 7.18. The van der Waals surface area contributed by atoms with Gasteiger partial charge in [0.2, 0.25) is 0 Å². The zero-order chi connectivity index (χ0) is 23.8. The first-order valence-electron chi connectivity index (χ1n) is 10.1. The van der Waals surface area contributed by atoms with Crippen molar-refractivity contribution in [1.82, 2.24) is 10.6 Å². The molecule has 0 aromatic heterocycles. The van der Waals surface area contributed by atoms with Crippen LogP contribution in [-0.4, -0.2) is 29.6 Å². The Balaban J connectivity index is 1.89. The number of hydrogen-bond acceptors (Lipinski definition) is 3. The van der Waals surface area contributed by atoms with Crippen molar-refractivity contribution in [2.75, 3.05) is 6.61 Å². The highest BCUT2D eigenvalue weighted by Gasteiger charge is 2.23. The molecule has 0 saturated carbocycles. The van der Waals surface area contributed by atoms with E-state index in [1.165, 1.54) is 12.1 Å². The van der Waals surface area contributed by atoms with Gasteiger partial charge in [0, 0.05) is 5.02 Å². The van der Waals surface area contributed by atoms with Gasteiger partial charge in [-0.3, -0.25) is 9.59 Å². The monoisotopic (exact) mass is 546 g/mol. The lowest BCUT2D eigenvalue weighted by molar-refractivity contribution is -0.118. The van der Waals surface area contributed by atoms with Crippen LogP contribution in [0, 0.1) is 0 Å². The van der Waals surface area contributed by atoms with Gasteiger partial charge in [-0.15, -0.1) is 0 Å². The number of hydrogen-bond donors (Lipinski definition) is 3. The van der Waals surface area contributed by atoms with E-state index in [0.717, 1.165) is 5.56 Å². The van der Waals surface area contributed by atoms with E-state index in [4.69, 9.17) is 23.2 Å². The van der Waals surface area contributed by atoms with Crippen LogP contribution in [0.4, 0.5) is 0 Å². The predicted molar refractivity (Wildman–Crippen MR) is 135 cm³/mol. The molecule has 0 fully saturated rings. The van der Waals surface area contributed by atoms with Crippen LogP contribution in [0.1, 0.15) is 21.5 Å². The van der Waals surface area contributed by atoms with E-state index in [1.54, 1.807) is 18.2 Å². The van der Waals surface area contributed by atoms with Crippen LogP contribution in [0.2, 0.25) is 10.0 Å². The van der Waals surface area contributed by atoms with Gasteiger partial charge in [-0.2, -0.15) is 0 Å². The lowest BCUT2D eigenvalue weighted by Crippen LogP contribution is -2.43. The highest BCUT2D eigenvalue weighted by Crippen LogP contribution is 2.26. The van der Waals surface area contributed by atoms with Crippen molar-refractivity contribution in [1.29, 1.82) is 0 Å². The third-order valence-electron chi connectivity index (χ3n) is 4.77. The van der Waals surface area contributed by atoms with Crippen LogP contribution in [0.25, 0.3) is 4.48 Å². The Bertz CT molecular complexity index is 1150. The van der Waals surface area contributed by atoms with E-state index >= 15 is 0 Å². The summed E-state index contributed by atoms with van der Waals surface area (Å²) in [6, 6.07) is 22.5. The van der Waals surface area contributed by atoms with Crippen molar-refractivity contribution in [3.8, 4) is 0 Å². The molecule has 3 rings (SSSR count). The molecule has 33 heavy (non-hydrogen) atoms. The number of aliphatic hydroxyl groups is 1. The Kier molecular flexibility index (Phi) is 9.09. The van der Waals surface area contributed by atoms with Crippen molar-refractivity contribution in [3.05, 3.63) is 111 Å². The number of aliphatic hydroxyl groups excluding tert-OH is 1. The van der Waals surface area contributed by atoms with Crippen LogP contribution in [0.3, 0.4) is 0 Å². The summed E-state index contributed by atoms with van der Waals surface area (Å²) < 4.78 is 0.385. The third kappa shape index (κ3) is 6.92. The molecular weight excluding hydrogens is 527 g/mol. The number of carbonyl (C=O) groups is 2. The molecular formula is C25H21BrCl2N2O3. The molecule has 0 saturated heterocycles. The van der Waals surface area contributed by atoms with E-state index in [0.29, 0.717) is 21.5 Å². The SMILES string of the molecule is O=C(N[C@H](CO)Cc1ccccc1)/C(NC(=O)c1ccc(Cl)cc1Cl)=C(/Br)c1ccccc1. The molecule has 0 aliphatic carbocycles. The summed E-state index contributed by atoms with van der Waals surface area (Å²) in [6.07, 6.45) is 0.427. The molecule has 3 aromatic carbocycles. The molecule has 0 aliphatic heterocycles. The second kappa shape index (κ2) is 12.0. The zero-order valence-electron chi connectivity index (χ0n) is 17.4. The van der Waals surface area contributed by atoms with Gasteiger partial charge in [0.05, 0.1) is 27.7 Å². The fraction of sp³-hybridized carbons (Fsp3) is 0.120. The summed E-state index contributed by atoms with van der Waals surface area (Å²) in [5.41, 5.74) is 1.81. The summed E-state index contributed by atoms with van der Waals surface area (Å²) in [5.74, 6) is -1.13. The number of benzene rings is 3. The molecule has 170 valence electrons. The summed E-state index contributed by atoms with van der Waals surface area (Å²) >= 11 is 15.6. The van der Waals surface area contributed by atoms with Crippen LogP contribution in [0.5, 0.6) is 0 Å². The van der Waals surface area contributed by atoms with Crippen molar-refractivity contribution in [3.63, 3.8) is 0 Å². The Hall–Kier alpha value is -2.64. The van der Waals surface area contributed by atoms with Crippen LogP contribution in [-0.2, 0) is 11.2 Å². The minimum absolute atomic E-state index is 0.0104. The quantitative estimate of drug-likeness (QED) is 0.339. The summed E-state index contributed by atoms with van der Waals surface area (Å²) in [6.45, 7) is -0.270. The zero-order valence-corrected chi connectivity index (χ0v) is 20.5. The molecule has 0 radical (unpaired) electrons. The lowest BCUT2D eigenvalue weighted by Gasteiger charge is -2.19. The number of nitrogens with one attached hydrogen (secondary N) is 2. The maximum atomic E-state index is 13.2. The summed E-state index contributed by atoms with van der Waals surface area (Å²) in [7, 11) is 0. The Morgan fingerprint density at radius 3 is 2.18 bits per heavy atom.